The Morgan fingerprint density at radius 3 is 2.71 bits per heavy atom. The number of hydrogen-bond acceptors (Lipinski definition) is 6. The normalized spacial score (nSPS) is 15.2. The average Bonchev–Trinajstić information content (AvgIpc) is 2.82. The van der Waals surface area contributed by atoms with Crippen molar-refractivity contribution in [2.45, 2.75) is 32.4 Å². The van der Waals surface area contributed by atoms with Crippen LogP contribution in [0, 0.1) is 0 Å². The minimum atomic E-state index is -0.955. The van der Waals surface area contributed by atoms with Crippen LogP contribution in [0.1, 0.15) is 31.1 Å². The number of ether oxygens (including phenoxy) is 1. The fraction of sp³-hybridized carbons (Fsp3) is 0.438. The number of anilines is 1. The number of amides is 1. The van der Waals surface area contributed by atoms with E-state index in [-0.39, 0.29) is 11.6 Å². The fourth-order valence-corrected chi connectivity index (χ4v) is 3.53. The largest absolute Gasteiger partial charge is 0.478 e. The Morgan fingerprint density at radius 1 is 1.38 bits per heavy atom. The van der Waals surface area contributed by atoms with Gasteiger partial charge in [-0.15, -0.1) is 0 Å². The van der Waals surface area contributed by atoms with Crippen LogP contribution in [0.3, 0.4) is 0 Å². The zero-order chi connectivity index (χ0) is 17.5. The summed E-state index contributed by atoms with van der Waals surface area (Å²) >= 11 is 1.36. The molecule has 7 nitrogen and oxygen atoms in total. The Balaban J connectivity index is 1.64. The van der Waals surface area contributed by atoms with Crippen molar-refractivity contribution < 1.29 is 19.4 Å². The molecule has 1 aromatic carbocycles. The number of carboxylic acid groups (broad SMARTS) is 1. The minimum absolute atomic E-state index is 0.00538. The number of carbonyl (C=O) groups is 2. The first-order chi connectivity index (χ1) is 11.2. The lowest BCUT2D eigenvalue weighted by molar-refractivity contribution is 0.0495. The van der Waals surface area contributed by atoms with E-state index in [1.54, 1.807) is 18.2 Å². The maximum absolute atomic E-state index is 11.7. The van der Waals surface area contributed by atoms with Gasteiger partial charge in [0.05, 0.1) is 21.8 Å². The number of rotatable bonds is 3. The first kappa shape index (κ1) is 16.5. The summed E-state index contributed by atoms with van der Waals surface area (Å²) in [6.07, 6.45) is -0.426. The SMILES string of the molecule is CC(C)(C)OC(=O)NC1CN(c2nc3cccc(C(=O)O)c3s2)C1. The molecule has 0 atom stereocenters. The van der Waals surface area contributed by atoms with Crippen molar-refractivity contribution in [1.82, 2.24) is 10.3 Å². The standard InChI is InChI=1S/C16H19N3O4S/c1-16(2,3)23-15(22)17-9-7-19(8-9)14-18-11-6-4-5-10(13(20)21)12(11)24-14/h4-6,9H,7-8H2,1-3H3,(H,17,22)(H,20,21). The number of aromatic carboxylic acids is 1. The van der Waals surface area contributed by atoms with Gasteiger partial charge in [-0.25, -0.2) is 14.6 Å². The summed E-state index contributed by atoms with van der Waals surface area (Å²) in [5.74, 6) is -0.955. The summed E-state index contributed by atoms with van der Waals surface area (Å²) in [5.41, 5.74) is 0.423. The predicted octanol–water partition coefficient (Wildman–Crippen LogP) is 2.71. The summed E-state index contributed by atoms with van der Waals surface area (Å²) in [6.45, 7) is 6.71. The van der Waals surface area contributed by atoms with Crippen molar-refractivity contribution in [3.05, 3.63) is 23.8 Å². The van der Waals surface area contributed by atoms with Crippen LogP contribution in [0.25, 0.3) is 10.2 Å². The third kappa shape index (κ3) is 3.43. The van der Waals surface area contributed by atoms with Gasteiger partial charge in [0.15, 0.2) is 5.13 Å². The monoisotopic (exact) mass is 349 g/mol. The molecule has 1 saturated heterocycles. The quantitative estimate of drug-likeness (QED) is 0.885. The molecule has 2 N–H and O–H groups in total. The molecule has 0 saturated carbocycles. The molecule has 8 heteroatoms. The predicted molar refractivity (Wildman–Crippen MR) is 92.0 cm³/mol. The van der Waals surface area contributed by atoms with Crippen molar-refractivity contribution >= 4 is 38.7 Å². The molecule has 0 bridgehead atoms. The second-order valence-electron chi connectivity index (χ2n) is 6.70. The van der Waals surface area contributed by atoms with Crippen LogP contribution in [0.2, 0.25) is 0 Å². The van der Waals surface area contributed by atoms with Gasteiger partial charge in [0.25, 0.3) is 0 Å². The zero-order valence-corrected chi connectivity index (χ0v) is 14.5. The van der Waals surface area contributed by atoms with E-state index in [0.717, 1.165) is 5.13 Å². The van der Waals surface area contributed by atoms with E-state index >= 15 is 0 Å². The average molecular weight is 349 g/mol. The van der Waals surface area contributed by atoms with Gasteiger partial charge in [-0.2, -0.15) is 0 Å². The van der Waals surface area contributed by atoms with Gasteiger partial charge >= 0.3 is 12.1 Å². The van der Waals surface area contributed by atoms with Crippen molar-refractivity contribution in [3.63, 3.8) is 0 Å². The van der Waals surface area contributed by atoms with E-state index in [9.17, 15) is 14.7 Å². The molecule has 2 aromatic rings. The lowest BCUT2D eigenvalue weighted by Crippen LogP contribution is -2.60. The molecule has 0 unspecified atom stereocenters. The first-order valence-corrected chi connectivity index (χ1v) is 8.42. The highest BCUT2D eigenvalue weighted by atomic mass is 32.1. The topological polar surface area (TPSA) is 91.8 Å². The molecule has 0 radical (unpaired) electrons. The summed E-state index contributed by atoms with van der Waals surface area (Å²) in [4.78, 5) is 29.5. The van der Waals surface area contributed by atoms with Crippen molar-refractivity contribution in [2.75, 3.05) is 18.0 Å². The van der Waals surface area contributed by atoms with E-state index in [0.29, 0.717) is 23.3 Å². The molecule has 1 fully saturated rings. The van der Waals surface area contributed by atoms with E-state index in [2.05, 4.69) is 10.3 Å². The van der Waals surface area contributed by atoms with Crippen LogP contribution in [0.4, 0.5) is 9.93 Å². The van der Waals surface area contributed by atoms with Gasteiger partial charge in [0.1, 0.15) is 5.60 Å². The Bertz CT molecular complexity index is 790. The first-order valence-electron chi connectivity index (χ1n) is 7.60. The van der Waals surface area contributed by atoms with Crippen molar-refractivity contribution in [1.29, 1.82) is 0 Å². The lowest BCUT2D eigenvalue weighted by atomic mass is 10.1. The minimum Gasteiger partial charge on any atom is -0.478 e. The van der Waals surface area contributed by atoms with Gasteiger partial charge in [-0.1, -0.05) is 17.4 Å². The highest BCUT2D eigenvalue weighted by Gasteiger charge is 2.32. The second kappa shape index (κ2) is 5.94. The summed E-state index contributed by atoms with van der Waals surface area (Å²) < 4.78 is 5.90. The van der Waals surface area contributed by atoms with Crippen molar-refractivity contribution in [2.24, 2.45) is 0 Å². The molecular weight excluding hydrogens is 330 g/mol. The van der Waals surface area contributed by atoms with Gasteiger partial charge in [0, 0.05) is 13.1 Å². The highest BCUT2D eigenvalue weighted by Crippen LogP contribution is 2.33. The lowest BCUT2D eigenvalue weighted by Gasteiger charge is -2.39. The molecule has 0 spiro atoms. The van der Waals surface area contributed by atoms with Gasteiger partial charge < -0.3 is 20.1 Å². The van der Waals surface area contributed by atoms with Crippen molar-refractivity contribution in [3.8, 4) is 0 Å². The van der Waals surface area contributed by atoms with Crippen LogP contribution < -0.4 is 10.2 Å². The second-order valence-corrected chi connectivity index (χ2v) is 7.68. The molecule has 3 rings (SSSR count). The summed E-state index contributed by atoms with van der Waals surface area (Å²) in [6, 6.07) is 5.08. The molecule has 128 valence electrons. The fourth-order valence-electron chi connectivity index (χ4n) is 2.44. The molecule has 1 aliphatic rings. The number of benzene rings is 1. The van der Waals surface area contributed by atoms with Crippen LogP contribution in [0.15, 0.2) is 18.2 Å². The van der Waals surface area contributed by atoms with E-state index in [1.165, 1.54) is 11.3 Å². The number of hydrogen-bond donors (Lipinski definition) is 2. The number of nitrogens with zero attached hydrogens (tertiary/aromatic N) is 2. The molecule has 0 aliphatic carbocycles. The van der Waals surface area contributed by atoms with E-state index in [4.69, 9.17) is 4.74 Å². The highest BCUT2D eigenvalue weighted by molar-refractivity contribution is 7.22. The number of fused-ring (bicyclic) bond motifs is 1. The molecule has 1 aliphatic heterocycles. The number of thiazole rings is 1. The number of alkyl carbamates (subject to hydrolysis) is 1. The molecule has 2 heterocycles. The Hall–Kier alpha value is -2.35. The van der Waals surface area contributed by atoms with Gasteiger partial charge in [-0.3, -0.25) is 0 Å². The maximum atomic E-state index is 11.7. The van der Waals surface area contributed by atoms with Crippen LogP contribution in [0.5, 0.6) is 0 Å². The summed E-state index contributed by atoms with van der Waals surface area (Å²) in [7, 11) is 0. The van der Waals surface area contributed by atoms with Crippen LogP contribution in [-0.4, -0.2) is 46.9 Å². The molecule has 1 amide bonds. The van der Waals surface area contributed by atoms with Gasteiger partial charge in [0.2, 0.25) is 0 Å². The molecule has 24 heavy (non-hydrogen) atoms. The van der Waals surface area contributed by atoms with Gasteiger partial charge in [-0.05, 0) is 32.9 Å². The van der Waals surface area contributed by atoms with Crippen LogP contribution >= 0.6 is 11.3 Å². The van der Waals surface area contributed by atoms with E-state index < -0.39 is 17.7 Å². The zero-order valence-electron chi connectivity index (χ0n) is 13.7. The maximum Gasteiger partial charge on any atom is 0.407 e. The number of carbonyl (C=O) groups excluding carboxylic acids is 1. The third-order valence-electron chi connectivity index (χ3n) is 3.51. The third-order valence-corrected chi connectivity index (χ3v) is 4.67. The number of aromatic nitrogens is 1. The van der Waals surface area contributed by atoms with E-state index in [1.807, 2.05) is 25.7 Å². The van der Waals surface area contributed by atoms with Crippen LogP contribution in [-0.2, 0) is 4.74 Å². The Morgan fingerprint density at radius 2 is 2.08 bits per heavy atom. The number of carboxylic acids is 1. The summed E-state index contributed by atoms with van der Waals surface area (Å²) in [5, 5.41) is 12.8. The Labute approximate surface area is 143 Å². The molecule has 1 aromatic heterocycles. The molecular formula is C16H19N3O4S. The number of nitrogens with one attached hydrogen (secondary N) is 1. The smallest absolute Gasteiger partial charge is 0.407 e. The Kier molecular flexibility index (Phi) is 4.08.